The Hall–Kier alpha value is -3.46. The number of imide groups is 1. The predicted octanol–water partition coefficient (Wildman–Crippen LogP) is 1.37. The normalized spacial score (nSPS) is 13.4. The number of ether oxygens (including phenoxy) is 1. The number of hydroxylamine groups is 2. The second-order valence-electron chi connectivity index (χ2n) is 5.04. The molecule has 1 aromatic heterocycles. The molecule has 0 N–H and O–H groups in total. The Morgan fingerprint density at radius 2 is 1.73 bits per heavy atom. The minimum Gasteiger partial charge on any atom is -0.425 e. The lowest BCUT2D eigenvalue weighted by molar-refractivity contribution is -0.170. The van der Waals surface area contributed by atoms with Gasteiger partial charge >= 0.3 is 17.6 Å². The number of benzene rings is 1. The van der Waals surface area contributed by atoms with Crippen molar-refractivity contribution in [3.05, 3.63) is 51.4 Å². The SMILES string of the molecule is CC(=O)Oc1cc2oc(=O)c(C(=O)ON3C(=O)C=CC3=O)cc2cc1Cl. The lowest BCUT2D eigenvalue weighted by Gasteiger charge is -2.12. The van der Waals surface area contributed by atoms with Crippen molar-refractivity contribution in [2.24, 2.45) is 0 Å². The van der Waals surface area contributed by atoms with Crippen molar-refractivity contribution >= 4 is 46.3 Å². The summed E-state index contributed by atoms with van der Waals surface area (Å²) in [5, 5.41) is 0.479. The minimum absolute atomic E-state index is 0.00203. The largest absolute Gasteiger partial charge is 0.425 e. The van der Waals surface area contributed by atoms with Crippen LogP contribution in [0.3, 0.4) is 0 Å². The van der Waals surface area contributed by atoms with Crippen LogP contribution in [0.15, 0.2) is 39.6 Å². The summed E-state index contributed by atoms with van der Waals surface area (Å²) >= 11 is 5.98. The van der Waals surface area contributed by atoms with E-state index in [1.807, 2.05) is 0 Å². The van der Waals surface area contributed by atoms with E-state index in [0.29, 0.717) is 0 Å². The fourth-order valence-corrected chi connectivity index (χ4v) is 2.32. The first-order chi connectivity index (χ1) is 12.3. The van der Waals surface area contributed by atoms with Gasteiger partial charge in [0, 0.05) is 30.5 Å². The monoisotopic (exact) mass is 377 g/mol. The van der Waals surface area contributed by atoms with Crippen molar-refractivity contribution < 1.29 is 33.2 Å². The van der Waals surface area contributed by atoms with E-state index in [9.17, 15) is 24.0 Å². The molecule has 2 heterocycles. The van der Waals surface area contributed by atoms with Gasteiger partial charge in [-0.2, -0.15) is 0 Å². The molecule has 0 saturated carbocycles. The highest BCUT2D eigenvalue weighted by Gasteiger charge is 2.29. The molecule has 2 amide bonds. The standard InChI is InChI=1S/C16H8ClNO8/c1-7(19)24-12-6-11-8(5-10(12)17)4-9(15(22)25-11)16(23)26-18-13(20)2-3-14(18)21/h2-6H,1H3. The molecule has 10 heteroatoms. The van der Waals surface area contributed by atoms with Crippen LogP contribution in [0, 0.1) is 0 Å². The molecule has 2 aromatic rings. The Bertz CT molecular complexity index is 1050. The van der Waals surface area contributed by atoms with Gasteiger partial charge in [-0.1, -0.05) is 16.7 Å². The molecular weight excluding hydrogens is 370 g/mol. The molecule has 0 bridgehead atoms. The first-order valence-corrected chi connectivity index (χ1v) is 7.38. The van der Waals surface area contributed by atoms with Crippen molar-refractivity contribution in [1.82, 2.24) is 5.06 Å². The number of halogens is 1. The van der Waals surface area contributed by atoms with Gasteiger partial charge in [-0.15, -0.1) is 0 Å². The summed E-state index contributed by atoms with van der Waals surface area (Å²) in [5.41, 5.74) is -1.63. The Morgan fingerprint density at radius 3 is 2.35 bits per heavy atom. The highest BCUT2D eigenvalue weighted by Crippen LogP contribution is 2.30. The molecule has 0 spiro atoms. The van der Waals surface area contributed by atoms with E-state index in [1.54, 1.807) is 0 Å². The van der Waals surface area contributed by atoms with Crippen LogP contribution >= 0.6 is 11.6 Å². The maximum absolute atomic E-state index is 12.1. The van der Waals surface area contributed by atoms with Gasteiger partial charge in [-0.05, 0) is 12.1 Å². The first kappa shape index (κ1) is 17.4. The molecule has 0 radical (unpaired) electrons. The van der Waals surface area contributed by atoms with Crippen LogP contribution in [0.1, 0.15) is 17.3 Å². The molecule has 0 aliphatic carbocycles. The number of hydrogen-bond donors (Lipinski definition) is 0. The van der Waals surface area contributed by atoms with E-state index in [0.717, 1.165) is 18.2 Å². The van der Waals surface area contributed by atoms with Gasteiger partial charge in [-0.3, -0.25) is 14.4 Å². The number of fused-ring (bicyclic) bond motifs is 1. The van der Waals surface area contributed by atoms with Gasteiger partial charge < -0.3 is 14.0 Å². The number of rotatable bonds is 3. The fraction of sp³-hybridized carbons (Fsp3) is 0.0625. The Kier molecular flexibility index (Phi) is 4.31. The van der Waals surface area contributed by atoms with Crippen LogP contribution < -0.4 is 10.4 Å². The third kappa shape index (κ3) is 3.20. The van der Waals surface area contributed by atoms with E-state index in [4.69, 9.17) is 20.8 Å². The average molecular weight is 378 g/mol. The van der Waals surface area contributed by atoms with E-state index >= 15 is 0 Å². The summed E-state index contributed by atoms with van der Waals surface area (Å²) in [6.45, 7) is 1.17. The summed E-state index contributed by atoms with van der Waals surface area (Å²) in [7, 11) is 0. The van der Waals surface area contributed by atoms with Crippen LogP contribution in [-0.2, 0) is 19.2 Å². The molecule has 0 saturated heterocycles. The molecule has 9 nitrogen and oxygen atoms in total. The van der Waals surface area contributed by atoms with Crippen LogP contribution in [-0.4, -0.2) is 28.8 Å². The van der Waals surface area contributed by atoms with E-state index in [-0.39, 0.29) is 26.8 Å². The fourth-order valence-electron chi connectivity index (χ4n) is 2.10. The van der Waals surface area contributed by atoms with Crippen molar-refractivity contribution in [3.8, 4) is 5.75 Å². The second kappa shape index (κ2) is 6.45. The summed E-state index contributed by atoms with van der Waals surface area (Å²) in [4.78, 5) is 62.6. The molecule has 26 heavy (non-hydrogen) atoms. The van der Waals surface area contributed by atoms with Crippen LogP contribution in [0.2, 0.25) is 5.02 Å². The van der Waals surface area contributed by atoms with Crippen LogP contribution in [0.4, 0.5) is 0 Å². The van der Waals surface area contributed by atoms with Crippen molar-refractivity contribution in [1.29, 1.82) is 0 Å². The highest BCUT2D eigenvalue weighted by molar-refractivity contribution is 6.33. The Balaban J connectivity index is 1.97. The van der Waals surface area contributed by atoms with Gasteiger partial charge in [0.15, 0.2) is 5.75 Å². The number of amides is 2. The second-order valence-corrected chi connectivity index (χ2v) is 5.45. The summed E-state index contributed by atoms with van der Waals surface area (Å²) in [5.74, 6) is -3.62. The number of nitrogens with zero attached hydrogens (tertiary/aromatic N) is 1. The van der Waals surface area contributed by atoms with Crippen molar-refractivity contribution in [2.45, 2.75) is 6.92 Å². The number of carbonyl (C=O) groups is 4. The molecule has 0 atom stereocenters. The minimum atomic E-state index is -1.26. The summed E-state index contributed by atoms with van der Waals surface area (Å²) < 4.78 is 9.87. The molecule has 1 aliphatic heterocycles. The third-order valence-electron chi connectivity index (χ3n) is 3.20. The van der Waals surface area contributed by atoms with Crippen molar-refractivity contribution in [3.63, 3.8) is 0 Å². The topological polar surface area (TPSA) is 120 Å². The quantitative estimate of drug-likeness (QED) is 0.340. The van der Waals surface area contributed by atoms with Gasteiger partial charge in [-0.25, -0.2) is 9.59 Å². The zero-order chi connectivity index (χ0) is 19.0. The number of hydrogen-bond acceptors (Lipinski definition) is 8. The average Bonchev–Trinajstić information content (AvgIpc) is 2.87. The smallest absolute Gasteiger partial charge is 0.371 e. The third-order valence-corrected chi connectivity index (χ3v) is 3.50. The van der Waals surface area contributed by atoms with Gasteiger partial charge in [0.25, 0.3) is 11.8 Å². The maximum atomic E-state index is 12.1. The number of esters is 1. The molecular formula is C16H8ClNO8. The highest BCUT2D eigenvalue weighted by atomic mass is 35.5. The van der Waals surface area contributed by atoms with Crippen molar-refractivity contribution in [2.75, 3.05) is 0 Å². The molecule has 0 fully saturated rings. The maximum Gasteiger partial charge on any atom is 0.371 e. The van der Waals surface area contributed by atoms with Gasteiger partial charge in [0.2, 0.25) is 0 Å². The lowest BCUT2D eigenvalue weighted by atomic mass is 10.2. The Morgan fingerprint density at radius 1 is 1.08 bits per heavy atom. The molecule has 3 rings (SSSR count). The van der Waals surface area contributed by atoms with E-state index in [2.05, 4.69) is 4.84 Å². The van der Waals surface area contributed by atoms with E-state index < -0.39 is 34.9 Å². The zero-order valence-corrected chi connectivity index (χ0v) is 13.7. The number of carbonyl (C=O) groups excluding carboxylic acids is 4. The zero-order valence-electron chi connectivity index (χ0n) is 13.0. The lowest BCUT2D eigenvalue weighted by Crippen LogP contribution is -2.34. The molecule has 132 valence electrons. The summed E-state index contributed by atoms with van der Waals surface area (Å²) in [6, 6.07) is 3.64. The van der Waals surface area contributed by atoms with E-state index in [1.165, 1.54) is 19.1 Å². The summed E-state index contributed by atoms with van der Waals surface area (Å²) in [6.07, 6.45) is 1.82. The molecule has 1 aromatic carbocycles. The van der Waals surface area contributed by atoms with Gasteiger partial charge in [0.05, 0.1) is 5.02 Å². The predicted molar refractivity (Wildman–Crippen MR) is 85.2 cm³/mol. The van der Waals surface area contributed by atoms with Crippen LogP contribution in [0.5, 0.6) is 5.75 Å². The Labute approximate surface area is 149 Å². The molecule has 0 unspecified atom stereocenters. The molecule has 1 aliphatic rings. The van der Waals surface area contributed by atoms with Gasteiger partial charge in [0.1, 0.15) is 11.1 Å². The van der Waals surface area contributed by atoms with Crippen LogP contribution in [0.25, 0.3) is 11.0 Å². The first-order valence-electron chi connectivity index (χ1n) is 7.00.